The van der Waals surface area contributed by atoms with Crippen molar-refractivity contribution in [2.24, 2.45) is 0 Å². The molecule has 0 aliphatic heterocycles. The Morgan fingerprint density at radius 2 is 2.13 bits per heavy atom. The summed E-state index contributed by atoms with van der Waals surface area (Å²) in [5, 5.41) is 6.20. The first-order valence-electron chi connectivity index (χ1n) is 4.98. The lowest BCUT2D eigenvalue weighted by Crippen LogP contribution is -2.12. The van der Waals surface area contributed by atoms with E-state index in [1.54, 1.807) is 12.4 Å². The topological polar surface area (TPSA) is 54.0 Å². The molecule has 0 bridgehead atoms. The maximum Gasteiger partial charge on any atom is 0.0547 e. The van der Waals surface area contributed by atoms with Crippen LogP contribution in [0.1, 0.15) is 6.92 Å². The molecule has 1 aromatic heterocycles. The Bertz CT molecular complexity index is 330. The van der Waals surface area contributed by atoms with Gasteiger partial charge in [-0.2, -0.15) is 0 Å². The Kier molecular flexibility index (Phi) is 5.10. The summed E-state index contributed by atoms with van der Waals surface area (Å²) in [5.41, 5.74) is 1.92. The largest absolute Gasteiger partial charge is 0.387 e. The maximum absolute atomic E-state index is 11.2. The lowest BCUT2D eigenvalue weighted by atomic mass is 10.3. The molecular weight excluding hydrogens is 210 g/mol. The van der Waals surface area contributed by atoms with Crippen molar-refractivity contribution in [1.82, 2.24) is 4.98 Å². The van der Waals surface area contributed by atoms with Gasteiger partial charge in [-0.3, -0.25) is 9.19 Å². The SMILES string of the molecule is CCS(=O)CCNc1cncc(NC)c1. The maximum atomic E-state index is 11.2. The lowest BCUT2D eigenvalue weighted by Gasteiger charge is -2.06. The van der Waals surface area contributed by atoms with Gasteiger partial charge in [-0.1, -0.05) is 6.92 Å². The molecule has 0 amide bonds. The van der Waals surface area contributed by atoms with Gasteiger partial charge in [-0.05, 0) is 6.07 Å². The number of hydrogen-bond acceptors (Lipinski definition) is 4. The van der Waals surface area contributed by atoms with Crippen molar-refractivity contribution in [2.75, 3.05) is 35.7 Å². The molecule has 5 heteroatoms. The molecule has 1 aromatic rings. The summed E-state index contributed by atoms with van der Waals surface area (Å²) < 4.78 is 11.2. The van der Waals surface area contributed by atoms with Crippen LogP contribution < -0.4 is 10.6 Å². The van der Waals surface area contributed by atoms with Crippen LogP contribution in [0.3, 0.4) is 0 Å². The molecule has 0 aromatic carbocycles. The van der Waals surface area contributed by atoms with E-state index in [4.69, 9.17) is 0 Å². The summed E-state index contributed by atoms with van der Waals surface area (Å²) in [6, 6.07) is 1.97. The second-order valence-corrected chi connectivity index (χ2v) is 4.94. The van der Waals surface area contributed by atoms with Gasteiger partial charge < -0.3 is 10.6 Å². The van der Waals surface area contributed by atoms with Crippen molar-refractivity contribution in [2.45, 2.75) is 6.92 Å². The van der Waals surface area contributed by atoms with E-state index in [0.717, 1.165) is 23.7 Å². The van der Waals surface area contributed by atoms with Crippen LogP contribution in [0.4, 0.5) is 11.4 Å². The minimum absolute atomic E-state index is 0.681. The third-order valence-electron chi connectivity index (χ3n) is 2.01. The number of nitrogens with one attached hydrogen (secondary N) is 2. The molecule has 0 fully saturated rings. The van der Waals surface area contributed by atoms with Gasteiger partial charge in [0.25, 0.3) is 0 Å². The van der Waals surface area contributed by atoms with Gasteiger partial charge in [0.1, 0.15) is 0 Å². The van der Waals surface area contributed by atoms with E-state index in [9.17, 15) is 4.21 Å². The van der Waals surface area contributed by atoms with E-state index >= 15 is 0 Å². The number of rotatable bonds is 6. The zero-order valence-electron chi connectivity index (χ0n) is 9.12. The fraction of sp³-hybridized carbons (Fsp3) is 0.500. The van der Waals surface area contributed by atoms with Crippen LogP contribution in [-0.2, 0) is 10.8 Å². The Balaban J connectivity index is 2.40. The van der Waals surface area contributed by atoms with Crippen LogP contribution in [0.25, 0.3) is 0 Å². The standard InChI is InChI=1S/C10H17N3OS/c1-3-15(14)5-4-13-10-6-9(11-2)7-12-8-10/h6-8,11,13H,3-5H2,1-2H3. The molecule has 2 N–H and O–H groups in total. The van der Waals surface area contributed by atoms with Gasteiger partial charge in [0.05, 0.1) is 23.8 Å². The first kappa shape index (κ1) is 12.0. The quantitative estimate of drug-likeness (QED) is 0.769. The minimum atomic E-state index is -0.706. The molecule has 84 valence electrons. The molecule has 1 heterocycles. The van der Waals surface area contributed by atoms with Gasteiger partial charge in [-0.25, -0.2) is 0 Å². The Hall–Kier alpha value is -1.10. The summed E-state index contributed by atoms with van der Waals surface area (Å²) in [4.78, 5) is 4.07. The van der Waals surface area contributed by atoms with Crippen molar-refractivity contribution in [3.8, 4) is 0 Å². The van der Waals surface area contributed by atoms with E-state index in [2.05, 4.69) is 15.6 Å². The molecule has 0 aliphatic carbocycles. The number of anilines is 2. The van der Waals surface area contributed by atoms with Crippen LogP contribution in [-0.4, -0.2) is 34.3 Å². The molecule has 0 saturated carbocycles. The fourth-order valence-electron chi connectivity index (χ4n) is 1.13. The molecule has 0 aliphatic rings. The molecule has 0 saturated heterocycles. The monoisotopic (exact) mass is 227 g/mol. The molecular formula is C10H17N3OS. The predicted octanol–water partition coefficient (Wildman–Crippen LogP) is 1.30. The molecule has 15 heavy (non-hydrogen) atoms. The minimum Gasteiger partial charge on any atom is -0.387 e. The summed E-state index contributed by atoms with van der Waals surface area (Å²) >= 11 is 0. The van der Waals surface area contributed by atoms with Crippen LogP contribution >= 0.6 is 0 Å². The Morgan fingerprint density at radius 1 is 1.40 bits per heavy atom. The zero-order chi connectivity index (χ0) is 11.1. The van der Waals surface area contributed by atoms with Crippen molar-refractivity contribution in [1.29, 1.82) is 0 Å². The van der Waals surface area contributed by atoms with Crippen molar-refractivity contribution in [3.63, 3.8) is 0 Å². The molecule has 0 radical (unpaired) electrons. The number of hydrogen-bond donors (Lipinski definition) is 2. The summed E-state index contributed by atoms with van der Waals surface area (Å²) in [6.45, 7) is 2.65. The first-order chi connectivity index (χ1) is 7.26. The van der Waals surface area contributed by atoms with Crippen LogP contribution in [0.2, 0.25) is 0 Å². The van der Waals surface area contributed by atoms with E-state index in [0.29, 0.717) is 5.75 Å². The first-order valence-corrected chi connectivity index (χ1v) is 6.46. The van der Waals surface area contributed by atoms with Gasteiger partial charge in [0.15, 0.2) is 0 Å². The van der Waals surface area contributed by atoms with E-state index in [-0.39, 0.29) is 0 Å². The second kappa shape index (κ2) is 6.40. The fourth-order valence-corrected chi connectivity index (χ4v) is 1.75. The average Bonchev–Trinajstić information content (AvgIpc) is 2.29. The molecule has 1 rings (SSSR count). The van der Waals surface area contributed by atoms with Gasteiger partial charge in [0.2, 0.25) is 0 Å². The highest BCUT2D eigenvalue weighted by Gasteiger charge is 1.97. The highest BCUT2D eigenvalue weighted by Crippen LogP contribution is 2.11. The molecule has 1 atom stereocenters. The smallest absolute Gasteiger partial charge is 0.0547 e. The average molecular weight is 227 g/mol. The van der Waals surface area contributed by atoms with Gasteiger partial charge >= 0.3 is 0 Å². The molecule has 1 unspecified atom stereocenters. The molecule has 4 nitrogen and oxygen atoms in total. The third kappa shape index (κ3) is 4.29. The van der Waals surface area contributed by atoms with Gasteiger partial charge in [0, 0.05) is 35.9 Å². The second-order valence-electron chi connectivity index (χ2n) is 3.07. The summed E-state index contributed by atoms with van der Waals surface area (Å²) in [7, 11) is 1.15. The van der Waals surface area contributed by atoms with Crippen LogP contribution in [0.15, 0.2) is 18.5 Å². The number of nitrogens with zero attached hydrogens (tertiary/aromatic N) is 1. The van der Waals surface area contributed by atoms with E-state index < -0.39 is 10.8 Å². The Morgan fingerprint density at radius 3 is 2.80 bits per heavy atom. The summed E-state index contributed by atoms with van der Waals surface area (Å²) in [6.07, 6.45) is 3.52. The highest BCUT2D eigenvalue weighted by molar-refractivity contribution is 7.84. The number of pyridine rings is 1. The predicted molar refractivity (Wildman–Crippen MR) is 65.8 cm³/mol. The third-order valence-corrected chi connectivity index (χ3v) is 3.31. The normalized spacial score (nSPS) is 12.1. The van der Waals surface area contributed by atoms with Crippen molar-refractivity contribution in [3.05, 3.63) is 18.5 Å². The van der Waals surface area contributed by atoms with Crippen molar-refractivity contribution >= 4 is 22.2 Å². The van der Waals surface area contributed by atoms with E-state index in [1.807, 2.05) is 20.0 Å². The van der Waals surface area contributed by atoms with Crippen LogP contribution in [0.5, 0.6) is 0 Å². The van der Waals surface area contributed by atoms with Crippen LogP contribution in [0, 0.1) is 0 Å². The van der Waals surface area contributed by atoms with Gasteiger partial charge in [-0.15, -0.1) is 0 Å². The Labute approximate surface area is 92.9 Å². The van der Waals surface area contributed by atoms with Crippen molar-refractivity contribution < 1.29 is 4.21 Å². The van der Waals surface area contributed by atoms with E-state index in [1.165, 1.54) is 0 Å². The summed E-state index contributed by atoms with van der Waals surface area (Å²) in [5.74, 6) is 1.40. The molecule has 0 spiro atoms. The lowest BCUT2D eigenvalue weighted by molar-refractivity contribution is 0.684. The highest BCUT2D eigenvalue weighted by atomic mass is 32.2. The number of aromatic nitrogens is 1. The zero-order valence-corrected chi connectivity index (χ0v) is 9.93.